The molecule has 0 radical (unpaired) electrons. The van der Waals surface area contributed by atoms with Gasteiger partial charge in [-0.25, -0.2) is 19.2 Å². The van der Waals surface area contributed by atoms with Gasteiger partial charge in [-0.2, -0.15) is 0 Å². The largest absolute Gasteiger partial charge is 0.496 e. The van der Waals surface area contributed by atoms with Crippen LogP contribution >= 0.6 is 0 Å². The van der Waals surface area contributed by atoms with E-state index in [9.17, 15) is 19.2 Å². The summed E-state index contributed by atoms with van der Waals surface area (Å²) >= 11 is 0. The van der Waals surface area contributed by atoms with Crippen LogP contribution in [0, 0.1) is 5.92 Å². The zero-order chi connectivity index (χ0) is 22.4. The minimum atomic E-state index is -0.720. The van der Waals surface area contributed by atoms with Crippen LogP contribution in [0.4, 0.5) is 0 Å². The van der Waals surface area contributed by atoms with Gasteiger partial charge >= 0.3 is 23.9 Å². The standard InChI is InChI=1S/C20H27NO9/c1-15-12-21(10-11-28-15)9-8-16(13-29-19(24)6-4-17(22)26-2)14-30-20(25)7-5-18(23)27-3/h4-7,16H,1,8-14H2,2-3H3/b6-4+,7-5+. The van der Waals surface area contributed by atoms with Crippen molar-refractivity contribution in [3.8, 4) is 0 Å². The lowest BCUT2D eigenvalue weighted by Crippen LogP contribution is -2.37. The molecule has 0 spiro atoms. The van der Waals surface area contributed by atoms with E-state index in [0.29, 0.717) is 31.9 Å². The lowest BCUT2D eigenvalue weighted by Gasteiger charge is -2.29. The molecule has 1 rings (SSSR count). The van der Waals surface area contributed by atoms with E-state index in [0.717, 1.165) is 30.8 Å². The number of carbonyl (C=O) groups excluding carboxylic acids is 4. The molecule has 0 aliphatic carbocycles. The topological polar surface area (TPSA) is 118 Å². The molecule has 0 bridgehead atoms. The Morgan fingerprint density at radius 1 is 0.967 bits per heavy atom. The number of rotatable bonds is 11. The molecule has 0 unspecified atom stereocenters. The molecule has 1 saturated heterocycles. The molecule has 30 heavy (non-hydrogen) atoms. The van der Waals surface area contributed by atoms with E-state index in [1.54, 1.807) is 0 Å². The second-order valence-electron chi connectivity index (χ2n) is 6.29. The van der Waals surface area contributed by atoms with Crippen LogP contribution in [0.1, 0.15) is 6.42 Å². The van der Waals surface area contributed by atoms with E-state index >= 15 is 0 Å². The van der Waals surface area contributed by atoms with E-state index < -0.39 is 23.9 Å². The normalized spacial score (nSPS) is 14.6. The second kappa shape index (κ2) is 13.9. The third kappa shape index (κ3) is 11.0. The van der Waals surface area contributed by atoms with Gasteiger partial charge in [0.05, 0.1) is 34.0 Å². The van der Waals surface area contributed by atoms with Crippen LogP contribution in [0.25, 0.3) is 0 Å². The van der Waals surface area contributed by atoms with Crippen molar-refractivity contribution in [2.45, 2.75) is 6.42 Å². The number of hydrogen-bond acceptors (Lipinski definition) is 10. The van der Waals surface area contributed by atoms with E-state index in [4.69, 9.17) is 14.2 Å². The molecular weight excluding hydrogens is 398 g/mol. The van der Waals surface area contributed by atoms with Crippen molar-refractivity contribution >= 4 is 23.9 Å². The van der Waals surface area contributed by atoms with Crippen molar-refractivity contribution in [3.63, 3.8) is 0 Å². The Morgan fingerprint density at radius 3 is 1.93 bits per heavy atom. The highest BCUT2D eigenvalue weighted by atomic mass is 16.5. The van der Waals surface area contributed by atoms with E-state index in [-0.39, 0.29) is 19.1 Å². The Morgan fingerprint density at radius 2 is 1.47 bits per heavy atom. The predicted octanol–water partition coefficient (Wildman–Crippen LogP) is 0.383. The molecule has 10 heteroatoms. The Bertz CT molecular complexity index is 642. The fourth-order valence-corrected chi connectivity index (χ4v) is 2.37. The molecule has 0 amide bonds. The third-order valence-corrected chi connectivity index (χ3v) is 4.00. The number of ether oxygens (including phenoxy) is 5. The molecule has 0 atom stereocenters. The molecule has 10 nitrogen and oxygen atoms in total. The summed E-state index contributed by atoms with van der Waals surface area (Å²) < 4.78 is 24.4. The summed E-state index contributed by atoms with van der Waals surface area (Å²) in [5.74, 6) is -2.42. The van der Waals surface area contributed by atoms with Crippen LogP contribution in [0.2, 0.25) is 0 Å². The lowest BCUT2D eigenvalue weighted by molar-refractivity contribution is -0.144. The molecule has 0 N–H and O–H groups in total. The molecule has 1 aliphatic heterocycles. The summed E-state index contributed by atoms with van der Waals surface area (Å²) in [6.07, 6.45) is 4.39. The number of hydrogen-bond donors (Lipinski definition) is 0. The van der Waals surface area contributed by atoms with Gasteiger partial charge in [-0.05, 0) is 13.0 Å². The molecule has 0 aromatic rings. The summed E-state index contributed by atoms with van der Waals surface area (Å²) in [7, 11) is 2.38. The first-order chi connectivity index (χ1) is 14.3. The smallest absolute Gasteiger partial charge is 0.331 e. The zero-order valence-electron chi connectivity index (χ0n) is 17.2. The molecule has 0 saturated carbocycles. The first kappa shape index (κ1) is 24.9. The van der Waals surface area contributed by atoms with Gasteiger partial charge in [0.2, 0.25) is 0 Å². The zero-order valence-corrected chi connectivity index (χ0v) is 17.2. The predicted molar refractivity (Wildman–Crippen MR) is 104 cm³/mol. The quantitative estimate of drug-likeness (QED) is 0.261. The first-order valence-electron chi connectivity index (χ1n) is 9.22. The van der Waals surface area contributed by atoms with Gasteiger partial charge < -0.3 is 23.7 Å². The minimum Gasteiger partial charge on any atom is -0.496 e. The summed E-state index contributed by atoms with van der Waals surface area (Å²) in [5, 5.41) is 0. The molecule has 166 valence electrons. The fourth-order valence-electron chi connectivity index (χ4n) is 2.37. The molecular formula is C20H27NO9. The van der Waals surface area contributed by atoms with Crippen LogP contribution in [-0.4, -0.2) is 82.5 Å². The molecule has 1 heterocycles. The van der Waals surface area contributed by atoms with E-state index in [1.807, 2.05) is 0 Å². The van der Waals surface area contributed by atoms with Gasteiger partial charge in [-0.3, -0.25) is 4.90 Å². The molecule has 1 fully saturated rings. The maximum atomic E-state index is 11.7. The molecule has 1 aliphatic rings. The number of nitrogens with zero attached hydrogens (tertiary/aromatic N) is 1. The fraction of sp³-hybridized carbons (Fsp3) is 0.500. The second-order valence-corrected chi connectivity index (χ2v) is 6.29. The number of carbonyl (C=O) groups is 4. The number of methoxy groups -OCH3 is 2. The summed E-state index contributed by atoms with van der Waals surface area (Å²) in [6, 6.07) is 0. The monoisotopic (exact) mass is 425 g/mol. The SMILES string of the molecule is C=C1CN(CCC(COC(=O)/C=C/C(=O)OC)COC(=O)/C=C/C(=O)OC)CCO1. The van der Waals surface area contributed by atoms with Crippen molar-refractivity contribution in [2.24, 2.45) is 5.92 Å². The minimum absolute atomic E-state index is 0.0242. The highest BCUT2D eigenvalue weighted by molar-refractivity contribution is 5.92. The van der Waals surface area contributed by atoms with Crippen LogP contribution in [0.5, 0.6) is 0 Å². The average Bonchev–Trinajstić information content (AvgIpc) is 2.74. The van der Waals surface area contributed by atoms with Gasteiger partial charge in [0, 0.05) is 36.8 Å². The van der Waals surface area contributed by atoms with Crippen LogP contribution in [-0.2, 0) is 42.9 Å². The van der Waals surface area contributed by atoms with Crippen LogP contribution in [0.3, 0.4) is 0 Å². The average molecular weight is 425 g/mol. The summed E-state index contributed by atoms with van der Waals surface area (Å²) in [5.41, 5.74) is 0. The van der Waals surface area contributed by atoms with E-state index in [1.165, 1.54) is 14.2 Å². The van der Waals surface area contributed by atoms with Crippen molar-refractivity contribution in [1.82, 2.24) is 4.90 Å². The number of esters is 4. The number of morpholine rings is 1. The van der Waals surface area contributed by atoms with Crippen molar-refractivity contribution < 1.29 is 42.9 Å². The van der Waals surface area contributed by atoms with Crippen molar-refractivity contribution in [3.05, 3.63) is 36.6 Å². The lowest BCUT2D eigenvalue weighted by atomic mass is 10.1. The maximum Gasteiger partial charge on any atom is 0.331 e. The van der Waals surface area contributed by atoms with Crippen molar-refractivity contribution in [2.75, 3.05) is 53.7 Å². The third-order valence-electron chi connectivity index (χ3n) is 4.00. The summed E-state index contributed by atoms with van der Waals surface area (Å²) in [4.78, 5) is 47.7. The first-order valence-corrected chi connectivity index (χ1v) is 9.22. The van der Waals surface area contributed by atoms with Crippen molar-refractivity contribution in [1.29, 1.82) is 0 Å². The van der Waals surface area contributed by atoms with Crippen LogP contribution in [0.15, 0.2) is 36.6 Å². The highest BCUT2D eigenvalue weighted by Crippen LogP contribution is 2.12. The van der Waals surface area contributed by atoms with Gasteiger partial charge in [-0.15, -0.1) is 0 Å². The molecule has 0 aromatic carbocycles. The van der Waals surface area contributed by atoms with Gasteiger partial charge in [0.25, 0.3) is 0 Å². The van der Waals surface area contributed by atoms with E-state index in [2.05, 4.69) is 21.0 Å². The Hall–Kier alpha value is -3.14. The van der Waals surface area contributed by atoms with Gasteiger partial charge in [0.15, 0.2) is 0 Å². The summed E-state index contributed by atoms with van der Waals surface area (Å²) in [6.45, 7) is 6.27. The van der Waals surface area contributed by atoms with Gasteiger partial charge in [0.1, 0.15) is 12.4 Å². The Kier molecular flexibility index (Phi) is 11.6. The Balaban J connectivity index is 2.57. The highest BCUT2D eigenvalue weighted by Gasteiger charge is 2.18. The Labute approximate surface area is 175 Å². The molecule has 0 aromatic heterocycles. The maximum absolute atomic E-state index is 11.7. The van der Waals surface area contributed by atoms with Crippen LogP contribution < -0.4 is 0 Å². The van der Waals surface area contributed by atoms with Gasteiger partial charge in [-0.1, -0.05) is 6.58 Å².